The van der Waals surface area contributed by atoms with Crippen molar-refractivity contribution >= 4 is 24.4 Å². The second-order valence-corrected chi connectivity index (χ2v) is 3.86. The average Bonchev–Trinajstić information content (AvgIpc) is 2.50. The maximum Gasteiger partial charge on any atom is 0.320 e. The fraction of sp³-hybridized carbons (Fsp3) is 0.154. The monoisotopic (exact) mass is 276 g/mol. The first-order chi connectivity index (χ1) is 9.53. The molecule has 3 N–H and O–H groups in total. The highest BCUT2D eigenvalue weighted by Gasteiger charge is 2.09. The molecule has 0 saturated carbocycles. The fourth-order valence-electron chi connectivity index (χ4n) is 1.51. The van der Waals surface area contributed by atoms with Crippen LogP contribution in [0.3, 0.4) is 0 Å². The summed E-state index contributed by atoms with van der Waals surface area (Å²) >= 11 is 0. The van der Waals surface area contributed by atoms with Gasteiger partial charge in [0.2, 0.25) is 0 Å². The van der Waals surface area contributed by atoms with Crippen LogP contribution in [0.15, 0.2) is 35.5 Å². The summed E-state index contributed by atoms with van der Waals surface area (Å²) in [5, 5.41) is 11.1. The summed E-state index contributed by atoms with van der Waals surface area (Å²) in [7, 11) is 3.08. The molecule has 0 aliphatic rings. The van der Waals surface area contributed by atoms with E-state index >= 15 is 0 Å². The zero-order valence-corrected chi connectivity index (χ0v) is 11.3. The van der Waals surface area contributed by atoms with Gasteiger partial charge in [-0.3, -0.25) is 15.0 Å². The fourth-order valence-corrected chi connectivity index (χ4v) is 1.51. The van der Waals surface area contributed by atoms with Crippen molar-refractivity contribution in [3.8, 4) is 0 Å². The van der Waals surface area contributed by atoms with Crippen LogP contribution in [0.1, 0.15) is 15.9 Å². The zero-order valence-electron chi connectivity index (χ0n) is 11.3. The van der Waals surface area contributed by atoms with Crippen molar-refractivity contribution in [3.63, 3.8) is 0 Å². The smallest absolute Gasteiger partial charge is 0.320 e. The van der Waals surface area contributed by atoms with E-state index in [1.54, 1.807) is 24.7 Å². The summed E-state index contributed by atoms with van der Waals surface area (Å²) in [5.41, 5.74) is 2.83. The molecule has 0 aromatic heterocycles. The van der Waals surface area contributed by atoms with Gasteiger partial charge in [0.05, 0.1) is 5.70 Å². The zero-order chi connectivity index (χ0) is 15.1. The Bertz CT molecular complexity index is 554. The second-order valence-electron chi connectivity index (χ2n) is 3.86. The van der Waals surface area contributed by atoms with Gasteiger partial charge < -0.3 is 10.2 Å². The number of hydroxylamine groups is 1. The topological polar surface area (TPSA) is 94.0 Å². The van der Waals surface area contributed by atoms with E-state index in [2.05, 4.69) is 17.0 Å². The number of hydrogen-bond acceptors (Lipinski definition) is 4. The highest BCUT2D eigenvalue weighted by molar-refractivity contribution is 5.94. The molecule has 3 amide bonds. The van der Waals surface area contributed by atoms with Gasteiger partial charge in [-0.2, -0.15) is 0 Å². The van der Waals surface area contributed by atoms with E-state index in [1.165, 1.54) is 30.3 Å². The number of nitrogens with zero attached hydrogens (tertiary/aromatic N) is 2. The summed E-state index contributed by atoms with van der Waals surface area (Å²) in [4.78, 5) is 27.9. The quantitative estimate of drug-likeness (QED) is 0.436. The lowest BCUT2D eigenvalue weighted by molar-refractivity contribution is 0.0706. The Labute approximate surface area is 116 Å². The van der Waals surface area contributed by atoms with Gasteiger partial charge in [-0.05, 0) is 18.9 Å². The van der Waals surface area contributed by atoms with Gasteiger partial charge in [0, 0.05) is 31.4 Å². The maximum atomic E-state index is 11.4. The Hall–Kier alpha value is -2.67. The van der Waals surface area contributed by atoms with Crippen molar-refractivity contribution in [2.45, 2.75) is 0 Å². The van der Waals surface area contributed by atoms with Gasteiger partial charge in [0.1, 0.15) is 0 Å². The first kappa shape index (κ1) is 15.4. The Morgan fingerprint density at radius 1 is 1.40 bits per heavy atom. The molecule has 0 radical (unpaired) electrons. The predicted molar refractivity (Wildman–Crippen MR) is 75.4 cm³/mol. The Balaban J connectivity index is 3.13. The molecule has 0 saturated heterocycles. The molecular formula is C13H16N4O3. The molecule has 20 heavy (non-hydrogen) atoms. The van der Waals surface area contributed by atoms with Crippen LogP contribution in [-0.4, -0.2) is 42.9 Å². The standard InChI is InChI=1S/C13H16N4O3/c1-14-11(8-17(3)13(19)15-2)9-5-4-6-10(7-9)12(18)16-20/h4-8,20H,1H2,2-3H3,(H,15,19)(H,16,18). The van der Waals surface area contributed by atoms with Crippen molar-refractivity contribution in [2.75, 3.05) is 14.1 Å². The minimum atomic E-state index is -0.630. The van der Waals surface area contributed by atoms with Crippen LogP contribution in [0.2, 0.25) is 0 Å². The van der Waals surface area contributed by atoms with Crippen molar-refractivity contribution in [1.29, 1.82) is 0 Å². The number of hydrogen-bond donors (Lipinski definition) is 3. The summed E-state index contributed by atoms with van der Waals surface area (Å²) in [6.45, 7) is 3.44. The number of carbonyl (C=O) groups is 2. The largest absolute Gasteiger partial charge is 0.341 e. The highest BCUT2D eigenvalue weighted by atomic mass is 16.5. The molecule has 0 atom stereocenters. The minimum Gasteiger partial charge on any atom is -0.341 e. The number of carbonyl (C=O) groups excluding carboxylic acids is 2. The Morgan fingerprint density at radius 3 is 2.60 bits per heavy atom. The summed E-state index contributed by atoms with van der Waals surface area (Å²) in [6.07, 6.45) is 1.49. The maximum absolute atomic E-state index is 11.4. The molecule has 106 valence electrons. The molecule has 1 aromatic rings. The van der Waals surface area contributed by atoms with Gasteiger partial charge >= 0.3 is 6.03 Å². The summed E-state index contributed by atoms with van der Waals surface area (Å²) in [6, 6.07) is 6.11. The first-order valence-corrected chi connectivity index (χ1v) is 5.71. The molecule has 0 fully saturated rings. The van der Waals surface area contributed by atoms with Crippen molar-refractivity contribution < 1.29 is 14.8 Å². The number of aliphatic imine (C=N–C) groups is 1. The Kier molecular flexibility index (Phi) is 5.42. The average molecular weight is 276 g/mol. The van der Waals surface area contributed by atoms with Crippen LogP contribution in [-0.2, 0) is 0 Å². The van der Waals surface area contributed by atoms with E-state index < -0.39 is 5.91 Å². The third-order valence-electron chi connectivity index (χ3n) is 2.54. The number of rotatable bonds is 4. The highest BCUT2D eigenvalue weighted by Crippen LogP contribution is 2.17. The van der Waals surface area contributed by atoms with E-state index in [-0.39, 0.29) is 11.6 Å². The molecule has 0 spiro atoms. The normalized spacial score (nSPS) is 10.7. The molecule has 0 bridgehead atoms. The number of urea groups is 1. The van der Waals surface area contributed by atoms with E-state index in [1.807, 2.05) is 0 Å². The van der Waals surface area contributed by atoms with E-state index in [0.717, 1.165) is 0 Å². The van der Waals surface area contributed by atoms with Crippen LogP contribution >= 0.6 is 0 Å². The molecule has 7 heteroatoms. The second kappa shape index (κ2) is 7.05. The van der Waals surface area contributed by atoms with Crippen LogP contribution in [0, 0.1) is 0 Å². The molecule has 1 aromatic carbocycles. The molecule has 0 heterocycles. The van der Waals surface area contributed by atoms with Gasteiger partial charge in [-0.15, -0.1) is 0 Å². The molecule has 7 nitrogen and oxygen atoms in total. The van der Waals surface area contributed by atoms with Crippen LogP contribution in [0.4, 0.5) is 4.79 Å². The molecule has 0 aliphatic heterocycles. The number of benzene rings is 1. The van der Waals surface area contributed by atoms with Gasteiger partial charge in [0.15, 0.2) is 0 Å². The van der Waals surface area contributed by atoms with Gasteiger partial charge in [0.25, 0.3) is 5.91 Å². The van der Waals surface area contributed by atoms with Crippen LogP contribution < -0.4 is 10.8 Å². The predicted octanol–water partition coefficient (Wildman–Crippen LogP) is 1.08. The lowest BCUT2D eigenvalue weighted by Gasteiger charge is -2.13. The first-order valence-electron chi connectivity index (χ1n) is 5.71. The molecule has 0 unspecified atom stereocenters. The van der Waals surface area contributed by atoms with E-state index in [0.29, 0.717) is 11.3 Å². The molecule has 0 aliphatic carbocycles. The number of amides is 3. The van der Waals surface area contributed by atoms with Gasteiger partial charge in [-0.1, -0.05) is 12.1 Å². The lowest BCUT2D eigenvalue weighted by Crippen LogP contribution is -2.31. The van der Waals surface area contributed by atoms with Crippen LogP contribution in [0.25, 0.3) is 5.70 Å². The van der Waals surface area contributed by atoms with Crippen molar-refractivity contribution in [3.05, 3.63) is 41.6 Å². The summed E-state index contributed by atoms with van der Waals surface area (Å²) in [5.74, 6) is -0.630. The van der Waals surface area contributed by atoms with Crippen LogP contribution in [0.5, 0.6) is 0 Å². The SMILES string of the molecule is C=NC(=CN(C)C(=O)NC)c1cccc(C(=O)NO)c1. The molecular weight excluding hydrogens is 260 g/mol. The third-order valence-corrected chi connectivity index (χ3v) is 2.54. The van der Waals surface area contributed by atoms with E-state index in [9.17, 15) is 9.59 Å². The third kappa shape index (κ3) is 3.66. The van der Waals surface area contributed by atoms with Crippen molar-refractivity contribution in [1.82, 2.24) is 15.7 Å². The van der Waals surface area contributed by atoms with Gasteiger partial charge in [-0.25, -0.2) is 10.3 Å². The number of nitrogens with one attached hydrogen (secondary N) is 2. The minimum absolute atomic E-state index is 0.266. The molecule has 1 rings (SSSR count). The van der Waals surface area contributed by atoms with E-state index in [4.69, 9.17) is 5.21 Å². The summed E-state index contributed by atoms with van der Waals surface area (Å²) < 4.78 is 0. The Morgan fingerprint density at radius 2 is 2.05 bits per heavy atom. The van der Waals surface area contributed by atoms with Crippen molar-refractivity contribution in [2.24, 2.45) is 4.99 Å². The lowest BCUT2D eigenvalue weighted by atomic mass is 10.1.